The first-order valence-corrected chi connectivity index (χ1v) is 4.96. The summed E-state index contributed by atoms with van der Waals surface area (Å²) < 4.78 is 5.65. The van der Waals surface area contributed by atoms with Gasteiger partial charge >= 0.3 is 5.97 Å². The molecule has 0 unspecified atom stereocenters. The Bertz CT molecular complexity index is 363. The van der Waals surface area contributed by atoms with Gasteiger partial charge < -0.3 is 10.1 Å². The maximum absolute atomic E-state index is 11.4. The van der Waals surface area contributed by atoms with Crippen LogP contribution in [0.3, 0.4) is 0 Å². The molecular weight excluding hydrogens is 246 g/mol. The van der Waals surface area contributed by atoms with Gasteiger partial charge in [-0.2, -0.15) is 0 Å². The highest BCUT2D eigenvalue weighted by Crippen LogP contribution is 2.27. The molecule has 0 atom stereocenters. The second-order valence-corrected chi connectivity index (χ2v) is 3.69. The number of rotatable bonds is 2. The second-order valence-electron chi connectivity index (χ2n) is 2.84. The van der Waals surface area contributed by atoms with Gasteiger partial charge in [-0.25, -0.2) is 4.79 Å². The third-order valence-corrected chi connectivity index (χ3v) is 2.91. The lowest BCUT2D eigenvalue weighted by Gasteiger charge is -2.11. The Hall–Kier alpha value is -1.03. The summed E-state index contributed by atoms with van der Waals surface area (Å²) in [4.78, 5) is 11.4. The van der Waals surface area contributed by atoms with Crippen LogP contribution in [0.25, 0.3) is 0 Å². The van der Waals surface area contributed by atoms with Crippen molar-refractivity contribution in [1.29, 1.82) is 0 Å². The zero-order chi connectivity index (χ0) is 10.7. The summed E-state index contributed by atoms with van der Waals surface area (Å²) in [5.74, 6) is -0.329. The van der Waals surface area contributed by atoms with Crippen LogP contribution in [-0.4, -0.2) is 20.1 Å². The molecule has 1 aromatic carbocycles. The minimum absolute atomic E-state index is 0.329. The zero-order valence-electron chi connectivity index (χ0n) is 8.35. The molecule has 0 bridgehead atoms. The molecule has 0 radical (unpaired) electrons. The third kappa shape index (κ3) is 1.90. The molecule has 3 nitrogen and oxygen atoms in total. The molecule has 0 saturated heterocycles. The maximum atomic E-state index is 11.4. The van der Waals surface area contributed by atoms with E-state index in [1.54, 1.807) is 13.1 Å². The van der Waals surface area contributed by atoms with Crippen molar-refractivity contribution in [3.05, 3.63) is 27.7 Å². The summed E-state index contributed by atoms with van der Waals surface area (Å²) in [6.45, 7) is 1.93. The number of anilines is 1. The van der Waals surface area contributed by atoms with Crippen molar-refractivity contribution in [3.63, 3.8) is 0 Å². The van der Waals surface area contributed by atoms with Crippen molar-refractivity contribution in [1.82, 2.24) is 0 Å². The molecule has 0 aromatic heterocycles. The van der Waals surface area contributed by atoms with Crippen LogP contribution in [0.15, 0.2) is 16.6 Å². The van der Waals surface area contributed by atoms with Gasteiger partial charge in [0.25, 0.3) is 0 Å². The van der Waals surface area contributed by atoms with E-state index in [0.29, 0.717) is 5.56 Å². The molecule has 1 N–H and O–H groups in total. The van der Waals surface area contributed by atoms with E-state index in [4.69, 9.17) is 0 Å². The summed E-state index contributed by atoms with van der Waals surface area (Å²) in [7, 11) is 3.15. The largest absolute Gasteiger partial charge is 0.465 e. The van der Waals surface area contributed by atoms with E-state index in [1.807, 2.05) is 13.0 Å². The number of halogens is 1. The van der Waals surface area contributed by atoms with Crippen LogP contribution in [-0.2, 0) is 4.74 Å². The summed E-state index contributed by atoms with van der Waals surface area (Å²) >= 11 is 3.40. The van der Waals surface area contributed by atoms with E-state index < -0.39 is 0 Å². The highest BCUT2D eigenvalue weighted by Gasteiger charge is 2.14. The van der Waals surface area contributed by atoms with Crippen molar-refractivity contribution in [2.75, 3.05) is 19.5 Å². The van der Waals surface area contributed by atoms with Crippen molar-refractivity contribution in [2.45, 2.75) is 6.92 Å². The maximum Gasteiger partial charge on any atom is 0.339 e. The highest BCUT2D eigenvalue weighted by molar-refractivity contribution is 9.10. The van der Waals surface area contributed by atoms with Crippen LogP contribution in [0.4, 0.5) is 5.69 Å². The summed E-state index contributed by atoms with van der Waals surface area (Å²) in [6.07, 6.45) is 0. The fraction of sp³-hybridized carbons (Fsp3) is 0.300. The highest BCUT2D eigenvalue weighted by atomic mass is 79.9. The second kappa shape index (κ2) is 4.46. The summed E-state index contributed by atoms with van der Waals surface area (Å²) in [5.41, 5.74) is 2.34. The van der Waals surface area contributed by atoms with Crippen LogP contribution in [0, 0.1) is 6.92 Å². The van der Waals surface area contributed by atoms with Crippen LogP contribution in [0.1, 0.15) is 15.9 Å². The third-order valence-electron chi connectivity index (χ3n) is 2.05. The van der Waals surface area contributed by atoms with Crippen molar-refractivity contribution < 1.29 is 9.53 Å². The van der Waals surface area contributed by atoms with Gasteiger partial charge in [0.05, 0.1) is 18.4 Å². The van der Waals surface area contributed by atoms with Gasteiger partial charge in [-0.15, -0.1) is 0 Å². The number of carbonyl (C=O) groups is 1. The Morgan fingerprint density at radius 1 is 1.50 bits per heavy atom. The molecule has 0 aliphatic carbocycles. The van der Waals surface area contributed by atoms with Crippen molar-refractivity contribution >= 4 is 27.6 Å². The molecule has 14 heavy (non-hydrogen) atoms. The average molecular weight is 258 g/mol. The van der Waals surface area contributed by atoms with Gasteiger partial charge in [-0.3, -0.25) is 0 Å². The first kappa shape index (κ1) is 11.0. The van der Waals surface area contributed by atoms with Crippen molar-refractivity contribution in [2.24, 2.45) is 0 Å². The number of hydrogen-bond acceptors (Lipinski definition) is 3. The molecule has 0 aliphatic rings. The molecule has 0 saturated carbocycles. The normalized spacial score (nSPS) is 9.71. The number of methoxy groups -OCH3 is 1. The van der Waals surface area contributed by atoms with E-state index in [0.717, 1.165) is 15.7 Å². The van der Waals surface area contributed by atoms with Crippen molar-refractivity contribution in [3.8, 4) is 0 Å². The van der Waals surface area contributed by atoms with Gasteiger partial charge in [0.1, 0.15) is 0 Å². The lowest BCUT2D eigenvalue weighted by Crippen LogP contribution is -2.07. The smallest absolute Gasteiger partial charge is 0.339 e. The molecule has 4 heteroatoms. The molecule has 1 aromatic rings. The molecule has 0 spiro atoms. The molecular formula is C10H12BrNO2. The Labute approximate surface area is 91.6 Å². The minimum atomic E-state index is -0.329. The monoisotopic (exact) mass is 257 g/mol. The number of benzene rings is 1. The van der Waals surface area contributed by atoms with E-state index in [9.17, 15) is 4.79 Å². The van der Waals surface area contributed by atoms with Crippen LogP contribution in [0.2, 0.25) is 0 Å². The average Bonchev–Trinajstić information content (AvgIpc) is 2.20. The van der Waals surface area contributed by atoms with Crippen LogP contribution < -0.4 is 5.32 Å². The Morgan fingerprint density at radius 2 is 2.14 bits per heavy atom. The van der Waals surface area contributed by atoms with Crippen LogP contribution >= 0.6 is 15.9 Å². The van der Waals surface area contributed by atoms with E-state index >= 15 is 0 Å². The summed E-state index contributed by atoms with van der Waals surface area (Å²) in [6, 6.07) is 3.57. The Kier molecular flexibility index (Phi) is 3.52. The number of nitrogens with one attached hydrogen (secondary N) is 1. The molecule has 0 fully saturated rings. The van der Waals surface area contributed by atoms with Gasteiger partial charge in [-0.05, 0) is 24.6 Å². The first-order chi connectivity index (χ1) is 6.61. The zero-order valence-corrected chi connectivity index (χ0v) is 9.94. The Balaban J connectivity index is 3.31. The van der Waals surface area contributed by atoms with E-state index in [1.165, 1.54) is 7.11 Å². The number of hydrogen-bond donors (Lipinski definition) is 1. The Morgan fingerprint density at radius 3 is 2.64 bits per heavy atom. The number of carbonyl (C=O) groups excluding carboxylic acids is 1. The summed E-state index contributed by atoms with van der Waals surface area (Å²) in [5, 5.41) is 2.99. The van der Waals surface area contributed by atoms with Gasteiger partial charge in [0.15, 0.2) is 0 Å². The fourth-order valence-corrected chi connectivity index (χ4v) is 1.62. The van der Waals surface area contributed by atoms with E-state index in [-0.39, 0.29) is 5.97 Å². The molecule has 76 valence electrons. The first-order valence-electron chi connectivity index (χ1n) is 4.17. The lowest BCUT2D eigenvalue weighted by atomic mass is 10.1. The van der Waals surface area contributed by atoms with Gasteiger partial charge in [0, 0.05) is 11.5 Å². The predicted octanol–water partition coefficient (Wildman–Crippen LogP) is 2.59. The number of ether oxygens (including phenoxy) is 1. The van der Waals surface area contributed by atoms with Gasteiger partial charge in [-0.1, -0.05) is 15.9 Å². The topological polar surface area (TPSA) is 38.3 Å². The van der Waals surface area contributed by atoms with Crippen LogP contribution in [0.5, 0.6) is 0 Å². The lowest BCUT2D eigenvalue weighted by molar-refractivity contribution is 0.0601. The minimum Gasteiger partial charge on any atom is -0.465 e. The number of esters is 1. The molecule has 1 rings (SSSR count). The quantitative estimate of drug-likeness (QED) is 0.828. The molecule has 0 aliphatic heterocycles. The standard InChI is InChI=1S/C10H12BrNO2/c1-6-8(11)5-4-7(9(6)12-2)10(13)14-3/h4-5,12H,1-3H3. The van der Waals surface area contributed by atoms with Gasteiger partial charge in [0.2, 0.25) is 0 Å². The molecule has 0 heterocycles. The fourth-order valence-electron chi connectivity index (χ4n) is 1.29. The predicted molar refractivity (Wildman–Crippen MR) is 59.8 cm³/mol. The molecule has 0 amide bonds. The SMILES string of the molecule is CNc1c(C(=O)OC)ccc(Br)c1C. The van der Waals surface area contributed by atoms with E-state index in [2.05, 4.69) is 26.0 Å².